The van der Waals surface area contributed by atoms with Crippen LogP contribution in [0.25, 0.3) is 0 Å². The van der Waals surface area contributed by atoms with Crippen molar-refractivity contribution in [2.45, 2.75) is 51.5 Å². The van der Waals surface area contributed by atoms with Gasteiger partial charge >= 0.3 is 0 Å². The molecule has 1 saturated heterocycles. The number of hydrogen-bond donors (Lipinski definition) is 2. The van der Waals surface area contributed by atoms with Gasteiger partial charge in [0, 0.05) is 13.2 Å². The fourth-order valence-electron chi connectivity index (χ4n) is 3.02. The normalized spacial score (nSPS) is 18.7. The SMILES string of the molecule is CC(C)Cc1ccc([C@H](C)C(=O)NC2(CO)CCOCC2)cc1. The van der Waals surface area contributed by atoms with Crippen molar-refractivity contribution in [3.05, 3.63) is 35.4 Å². The second-order valence-corrected chi connectivity index (χ2v) is 7.10. The highest BCUT2D eigenvalue weighted by atomic mass is 16.5. The van der Waals surface area contributed by atoms with Gasteiger partial charge in [-0.15, -0.1) is 0 Å². The molecular weight excluding hydrogens is 290 g/mol. The molecule has 1 atom stereocenters. The lowest BCUT2D eigenvalue weighted by Crippen LogP contribution is -2.55. The highest BCUT2D eigenvalue weighted by Gasteiger charge is 2.34. The van der Waals surface area contributed by atoms with E-state index in [9.17, 15) is 9.90 Å². The standard InChI is InChI=1S/C19H29NO3/c1-14(2)12-16-4-6-17(7-5-16)15(3)18(22)20-19(13-21)8-10-23-11-9-19/h4-7,14-15,21H,8-13H2,1-3H3,(H,20,22)/t15-/m0/s1. The molecule has 4 nitrogen and oxygen atoms in total. The molecule has 1 fully saturated rings. The Morgan fingerprint density at radius 1 is 1.22 bits per heavy atom. The molecule has 1 aliphatic rings. The summed E-state index contributed by atoms with van der Waals surface area (Å²) in [5.41, 5.74) is 1.78. The lowest BCUT2D eigenvalue weighted by Gasteiger charge is -2.37. The predicted molar refractivity (Wildman–Crippen MR) is 91.4 cm³/mol. The number of hydrogen-bond acceptors (Lipinski definition) is 3. The minimum Gasteiger partial charge on any atom is -0.394 e. The van der Waals surface area contributed by atoms with Gasteiger partial charge in [0.25, 0.3) is 0 Å². The highest BCUT2D eigenvalue weighted by Crippen LogP contribution is 2.23. The number of amides is 1. The van der Waals surface area contributed by atoms with Crippen molar-refractivity contribution in [2.75, 3.05) is 19.8 Å². The molecule has 0 aromatic heterocycles. The van der Waals surface area contributed by atoms with Gasteiger partial charge in [0.1, 0.15) is 0 Å². The molecule has 1 aromatic carbocycles. The number of carbonyl (C=O) groups excluding carboxylic acids is 1. The summed E-state index contributed by atoms with van der Waals surface area (Å²) in [7, 11) is 0. The van der Waals surface area contributed by atoms with E-state index in [0.29, 0.717) is 32.0 Å². The summed E-state index contributed by atoms with van der Waals surface area (Å²) in [6, 6.07) is 8.29. The van der Waals surface area contributed by atoms with Crippen LogP contribution < -0.4 is 5.32 Å². The lowest BCUT2D eigenvalue weighted by molar-refractivity contribution is -0.126. The predicted octanol–water partition coefficient (Wildman–Crippen LogP) is 2.65. The van der Waals surface area contributed by atoms with Crippen molar-refractivity contribution in [1.29, 1.82) is 0 Å². The molecule has 23 heavy (non-hydrogen) atoms. The highest BCUT2D eigenvalue weighted by molar-refractivity contribution is 5.84. The van der Waals surface area contributed by atoms with E-state index in [-0.39, 0.29) is 18.4 Å². The second kappa shape index (κ2) is 7.93. The molecule has 1 aromatic rings. The molecule has 1 aliphatic heterocycles. The first-order chi connectivity index (χ1) is 11.0. The minimum absolute atomic E-state index is 0.0300. The number of rotatable bonds is 6. The third-order valence-electron chi connectivity index (χ3n) is 4.66. The van der Waals surface area contributed by atoms with Gasteiger partial charge in [0.05, 0.1) is 18.1 Å². The van der Waals surface area contributed by atoms with E-state index in [4.69, 9.17) is 4.74 Å². The Morgan fingerprint density at radius 2 is 1.83 bits per heavy atom. The van der Waals surface area contributed by atoms with Crippen LogP contribution in [0.3, 0.4) is 0 Å². The minimum atomic E-state index is -0.527. The fraction of sp³-hybridized carbons (Fsp3) is 0.632. The van der Waals surface area contributed by atoms with E-state index < -0.39 is 5.54 Å². The summed E-state index contributed by atoms with van der Waals surface area (Å²) >= 11 is 0. The summed E-state index contributed by atoms with van der Waals surface area (Å²) in [6.07, 6.45) is 2.37. The van der Waals surface area contributed by atoms with E-state index in [1.54, 1.807) is 0 Å². The molecule has 0 spiro atoms. The van der Waals surface area contributed by atoms with Crippen molar-refractivity contribution in [2.24, 2.45) is 5.92 Å². The second-order valence-electron chi connectivity index (χ2n) is 7.10. The summed E-state index contributed by atoms with van der Waals surface area (Å²) < 4.78 is 5.34. The number of aliphatic hydroxyl groups is 1. The Bertz CT molecular complexity index is 504. The first-order valence-corrected chi connectivity index (χ1v) is 8.55. The van der Waals surface area contributed by atoms with Gasteiger partial charge in [-0.3, -0.25) is 4.79 Å². The lowest BCUT2D eigenvalue weighted by atomic mass is 9.89. The molecular formula is C19H29NO3. The van der Waals surface area contributed by atoms with Gasteiger partial charge in [-0.05, 0) is 43.2 Å². The van der Waals surface area contributed by atoms with Crippen LogP contribution in [0.2, 0.25) is 0 Å². The average molecular weight is 319 g/mol. The molecule has 0 bridgehead atoms. The van der Waals surface area contributed by atoms with Gasteiger partial charge in [0.2, 0.25) is 5.91 Å². The number of benzene rings is 1. The van der Waals surface area contributed by atoms with Crippen LogP contribution in [0.4, 0.5) is 0 Å². The zero-order valence-corrected chi connectivity index (χ0v) is 14.5. The van der Waals surface area contributed by atoms with Crippen LogP contribution in [0, 0.1) is 5.92 Å². The quantitative estimate of drug-likeness (QED) is 0.847. The van der Waals surface area contributed by atoms with Crippen LogP contribution >= 0.6 is 0 Å². The largest absolute Gasteiger partial charge is 0.394 e. The third-order valence-corrected chi connectivity index (χ3v) is 4.66. The zero-order chi connectivity index (χ0) is 16.9. The number of aliphatic hydroxyl groups excluding tert-OH is 1. The van der Waals surface area contributed by atoms with Crippen LogP contribution in [0.1, 0.15) is 50.7 Å². The Balaban J connectivity index is 2.01. The summed E-state index contributed by atoms with van der Waals surface area (Å²) in [5, 5.41) is 12.8. The molecule has 128 valence electrons. The van der Waals surface area contributed by atoms with Crippen LogP contribution in [0.15, 0.2) is 24.3 Å². The van der Waals surface area contributed by atoms with Crippen molar-refractivity contribution in [1.82, 2.24) is 5.32 Å². The maximum Gasteiger partial charge on any atom is 0.227 e. The van der Waals surface area contributed by atoms with E-state index in [0.717, 1.165) is 12.0 Å². The third kappa shape index (κ3) is 4.79. The Hall–Kier alpha value is -1.39. The van der Waals surface area contributed by atoms with Crippen LogP contribution in [-0.2, 0) is 16.0 Å². The molecule has 4 heteroatoms. The fourth-order valence-corrected chi connectivity index (χ4v) is 3.02. The summed E-state index contributed by atoms with van der Waals surface area (Å²) in [5.74, 6) is 0.367. The number of carbonyl (C=O) groups is 1. The maximum atomic E-state index is 12.6. The van der Waals surface area contributed by atoms with Crippen molar-refractivity contribution < 1.29 is 14.6 Å². The summed E-state index contributed by atoms with van der Waals surface area (Å²) in [4.78, 5) is 12.6. The molecule has 0 aliphatic carbocycles. The average Bonchev–Trinajstić information content (AvgIpc) is 2.55. The monoisotopic (exact) mass is 319 g/mol. The van der Waals surface area contributed by atoms with Gasteiger partial charge in [-0.1, -0.05) is 38.1 Å². The number of ether oxygens (including phenoxy) is 1. The first-order valence-electron chi connectivity index (χ1n) is 8.55. The van der Waals surface area contributed by atoms with Crippen LogP contribution in [-0.4, -0.2) is 36.4 Å². The van der Waals surface area contributed by atoms with Crippen molar-refractivity contribution in [3.63, 3.8) is 0 Å². The van der Waals surface area contributed by atoms with Gasteiger partial charge in [0.15, 0.2) is 0 Å². The first kappa shape index (κ1) is 18.0. The van der Waals surface area contributed by atoms with Gasteiger partial charge < -0.3 is 15.2 Å². The Kier molecular flexibility index (Phi) is 6.19. The molecule has 0 saturated carbocycles. The molecule has 0 radical (unpaired) electrons. The van der Waals surface area contributed by atoms with Gasteiger partial charge in [-0.25, -0.2) is 0 Å². The van der Waals surface area contributed by atoms with Crippen molar-refractivity contribution >= 4 is 5.91 Å². The Labute approximate surface area is 139 Å². The molecule has 2 N–H and O–H groups in total. The van der Waals surface area contributed by atoms with Crippen molar-refractivity contribution in [3.8, 4) is 0 Å². The van der Waals surface area contributed by atoms with E-state index in [1.165, 1.54) is 5.56 Å². The molecule has 0 unspecified atom stereocenters. The van der Waals surface area contributed by atoms with Crippen LogP contribution in [0.5, 0.6) is 0 Å². The number of nitrogens with one attached hydrogen (secondary N) is 1. The topological polar surface area (TPSA) is 58.6 Å². The summed E-state index contributed by atoms with van der Waals surface area (Å²) in [6.45, 7) is 7.44. The molecule has 2 rings (SSSR count). The van der Waals surface area contributed by atoms with E-state index in [1.807, 2.05) is 19.1 Å². The smallest absolute Gasteiger partial charge is 0.227 e. The van der Waals surface area contributed by atoms with E-state index >= 15 is 0 Å². The maximum absolute atomic E-state index is 12.6. The van der Waals surface area contributed by atoms with Gasteiger partial charge in [-0.2, -0.15) is 0 Å². The Morgan fingerprint density at radius 3 is 2.35 bits per heavy atom. The zero-order valence-electron chi connectivity index (χ0n) is 14.5. The van der Waals surface area contributed by atoms with E-state index in [2.05, 4.69) is 31.3 Å². The molecule has 1 heterocycles. The molecule has 1 amide bonds.